The van der Waals surface area contributed by atoms with Crippen LogP contribution in [0.2, 0.25) is 0 Å². The zero-order valence-corrected chi connectivity index (χ0v) is 17.9. The topological polar surface area (TPSA) is 0 Å². The van der Waals surface area contributed by atoms with E-state index in [2.05, 4.69) is 22.9 Å². The number of hydrogen-bond donors (Lipinski definition) is 0. The monoisotopic (exact) mass is 532 g/mol. The first-order chi connectivity index (χ1) is 6.00. The summed E-state index contributed by atoms with van der Waals surface area (Å²) in [5, 5.41) is 0. The van der Waals surface area contributed by atoms with Gasteiger partial charge in [-0.25, -0.2) is 0 Å². The number of allylic oxidation sites excluding steroid dienone is 8. The summed E-state index contributed by atoms with van der Waals surface area (Å²) in [6, 6.07) is 0. The first kappa shape index (κ1) is 36.4. The molecule has 2 rings (SSSR count). The zero-order chi connectivity index (χ0) is 8.49. The Hall–Kier alpha value is 0.837. The van der Waals surface area contributed by atoms with Gasteiger partial charge in [0.05, 0.1) is 0 Å². The van der Waals surface area contributed by atoms with Crippen LogP contribution in [-0.2, 0) is 0 Å². The van der Waals surface area contributed by atoms with Crippen LogP contribution in [0.3, 0.4) is 0 Å². The van der Waals surface area contributed by atoms with Gasteiger partial charge in [-0.15, -0.1) is 0 Å². The predicted octanol–water partition coefficient (Wildman–Crippen LogP) is -9.90. The van der Waals surface area contributed by atoms with Crippen LogP contribution in [0.4, 0.5) is 0 Å². The second-order valence-electron chi connectivity index (χ2n) is 2.01. The Morgan fingerprint density at radius 1 is 0.389 bits per heavy atom. The van der Waals surface area contributed by atoms with Crippen molar-refractivity contribution in [1.82, 2.24) is 0 Å². The minimum Gasteiger partial charge on any atom is -1.00 e. The molecule has 0 spiro atoms. The molecule has 18 heavy (non-hydrogen) atoms. The molecule has 0 N–H and O–H groups in total. The van der Waals surface area contributed by atoms with Gasteiger partial charge in [0, 0.05) is 0 Å². The van der Waals surface area contributed by atoms with Crippen molar-refractivity contribution in [2.45, 2.75) is 0 Å². The number of rotatable bonds is 0. The second-order valence-corrected chi connectivity index (χ2v) is 2.01. The van der Waals surface area contributed by atoms with Gasteiger partial charge < -0.3 is 49.6 Å². The molecule has 4 radical (unpaired) electrons. The predicted molar refractivity (Wildman–Crippen MR) is 62.1 cm³/mol. The van der Waals surface area contributed by atoms with Gasteiger partial charge in [-0.1, -0.05) is 47.2 Å². The Kier molecular flexibility index (Phi) is 62.0. The van der Waals surface area contributed by atoms with Gasteiger partial charge in [-0.2, -0.15) is 0 Å². The van der Waals surface area contributed by atoms with Crippen LogP contribution in [0.15, 0.2) is 71.5 Å². The second kappa shape index (κ2) is 30.7. The summed E-state index contributed by atoms with van der Waals surface area (Å²) in [4.78, 5) is 0. The average Bonchev–Trinajstić information content (AvgIpc) is 2.24. The molecule has 0 unspecified atom stereocenters. The molecule has 0 amide bonds. The molecule has 0 fully saturated rings. The smallest absolute Gasteiger partial charge is 1.00 e. The summed E-state index contributed by atoms with van der Waals surface area (Å²) < 4.78 is 0. The maximum atomic E-state index is 2.77. The van der Waals surface area contributed by atoms with E-state index >= 15 is 0 Å². The Balaban J connectivity index is -0.0000000300. The van der Waals surface area contributed by atoms with Crippen molar-refractivity contribution < 1.29 is 49.6 Å². The molecule has 0 atom stereocenters. The van der Waals surface area contributed by atoms with Crippen molar-refractivity contribution in [3.63, 3.8) is 0 Å². The van der Waals surface area contributed by atoms with Gasteiger partial charge in [0.15, 0.2) is 0 Å². The molecule has 2 aliphatic rings. The fourth-order valence-corrected chi connectivity index (χ4v) is 0.607. The van der Waals surface area contributed by atoms with E-state index in [1.807, 2.05) is 48.6 Å². The molecule has 0 saturated carbocycles. The summed E-state index contributed by atoms with van der Waals surface area (Å²) in [5.74, 6) is 0. The molecule has 0 aromatic carbocycles. The Bertz CT molecular complexity index is 324. The van der Waals surface area contributed by atoms with Gasteiger partial charge in [0.2, 0.25) is 0 Å². The van der Waals surface area contributed by atoms with Crippen molar-refractivity contribution in [3.8, 4) is 0 Å². The van der Waals surface area contributed by atoms with Crippen LogP contribution in [-0.4, -0.2) is 47.8 Å². The molecular formula is C12H8Cl4Sn2. The van der Waals surface area contributed by atoms with E-state index in [1.165, 1.54) is 0 Å². The third-order valence-electron chi connectivity index (χ3n) is 1.11. The van der Waals surface area contributed by atoms with Crippen LogP contribution in [0.25, 0.3) is 0 Å². The molecule has 0 saturated heterocycles. The van der Waals surface area contributed by atoms with Crippen LogP contribution in [0.1, 0.15) is 0 Å². The fraction of sp³-hybridized carbons (Fsp3) is 0. The van der Waals surface area contributed by atoms with E-state index < -0.39 is 0 Å². The molecule has 2 aliphatic carbocycles. The summed E-state index contributed by atoms with van der Waals surface area (Å²) in [5.41, 5.74) is 11.1. The Morgan fingerprint density at radius 3 is 0.611 bits per heavy atom. The molecule has 6 heteroatoms. The van der Waals surface area contributed by atoms with Crippen LogP contribution in [0.5, 0.6) is 0 Å². The minimum atomic E-state index is 0. The van der Waals surface area contributed by atoms with Crippen molar-refractivity contribution in [2.24, 2.45) is 0 Å². The van der Waals surface area contributed by atoms with Gasteiger partial charge in [0.25, 0.3) is 0 Å². The average molecular weight is 531 g/mol. The van der Waals surface area contributed by atoms with E-state index in [4.69, 9.17) is 0 Å². The zero-order valence-electron chi connectivity index (χ0n) is 9.13. The van der Waals surface area contributed by atoms with Gasteiger partial charge in [-0.05, 0) is 24.3 Å². The van der Waals surface area contributed by atoms with Gasteiger partial charge >= 0.3 is 47.8 Å². The van der Waals surface area contributed by atoms with Crippen LogP contribution < -0.4 is 49.6 Å². The third kappa shape index (κ3) is 25.6. The first-order valence-electron chi connectivity index (χ1n) is 3.65. The van der Waals surface area contributed by atoms with Crippen molar-refractivity contribution >= 4 is 47.8 Å². The minimum absolute atomic E-state index is 0. The van der Waals surface area contributed by atoms with Gasteiger partial charge in [0.1, 0.15) is 0 Å². The van der Waals surface area contributed by atoms with E-state index in [0.717, 1.165) is 0 Å². The molecular weight excluding hydrogens is 523 g/mol. The van der Waals surface area contributed by atoms with Crippen LogP contribution >= 0.6 is 0 Å². The van der Waals surface area contributed by atoms with E-state index in [-0.39, 0.29) is 97.4 Å². The Labute approximate surface area is 167 Å². The number of hydrogen-bond acceptors (Lipinski definition) is 0. The Morgan fingerprint density at radius 2 is 0.556 bits per heavy atom. The fourth-order valence-electron chi connectivity index (χ4n) is 0.607. The largest absolute Gasteiger partial charge is 2.00 e. The summed E-state index contributed by atoms with van der Waals surface area (Å²) >= 11 is 0. The maximum Gasteiger partial charge on any atom is 2.00 e. The molecule has 92 valence electrons. The van der Waals surface area contributed by atoms with Crippen LogP contribution in [0, 0.1) is 0 Å². The van der Waals surface area contributed by atoms with Crippen molar-refractivity contribution in [2.75, 3.05) is 0 Å². The first-order valence-corrected chi connectivity index (χ1v) is 3.65. The van der Waals surface area contributed by atoms with Crippen molar-refractivity contribution in [3.05, 3.63) is 71.5 Å². The number of halogens is 4. The standard InChI is InChI=1S/2C6H4.4ClH.2Sn/c2*1-2-4-6-5-3-1;;;;;;/h2*1-4H;4*1H;;/q;;;;;;2*+2/p-4. The van der Waals surface area contributed by atoms with Crippen molar-refractivity contribution in [1.29, 1.82) is 0 Å². The summed E-state index contributed by atoms with van der Waals surface area (Å²) in [7, 11) is 0. The van der Waals surface area contributed by atoms with E-state index in [9.17, 15) is 0 Å². The molecule has 0 aliphatic heterocycles. The molecule has 0 heterocycles. The molecule has 0 bridgehead atoms. The molecule has 0 aromatic heterocycles. The quantitative estimate of drug-likeness (QED) is 0.215. The van der Waals surface area contributed by atoms with Gasteiger partial charge in [-0.3, -0.25) is 0 Å². The maximum absolute atomic E-state index is 2.77. The normalized spacial score (nSPS) is 8.89. The van der Waals surface area contributed by atoms with E-state index in [1.54, 1.807) is 0 Å². The molecule has 0 nitrogen and oxygen atoms in total. The molecule has 0 aromatic rings. The third-order valence-corrected chi connectivity index (χ3v) is 1.11. The summed E-state index contributed by atoms with van der Waals surface area (Å²) in [6.45, 7) is 0. The van der Waals surface area contributed by atoms with E-state index in [0.29, 0.717) is 0 Å². The SMILES string of the molecule is C1=C=CC=CC=1.C1=C=CC=CC=1.[Cl-].[Cl-].[Cl-].[Cl-].[Sn+2].[Sn+2]. The summed E-state index contributed by atoms with van der Waals surface area (Å²) in [6.07, 6.45) is 14.9.